The summed E-state index contributed by atoms with van der Waals surface area (Å²) in [5.41, 5.74) is 8.20. The Bertz CT molecular complexity index is 360. The van der Waals surface area contributed by atoms with Gasteiger partial charge < -0.3 is 19.3 Å². The van der Waals surface area contributed by atoms with E-state index in [2.05, 4.69) is 10.0 Å². The molecule has 0 aromatic carbocycles. The highest BCUT2D eigenvalue weighted by Crippen LogP contribution is 2.45. The number of halogens is 1. The molecule has 2 fully saturated rings. The summed E-state index contributed by atoms with van der Waals surface area (Å²) in [7, 11) is 0. The normalized spacial score (nSPS) is 43.2. The summed E-state index contributed by atoms with van der Waals surface area (Å²) in [5.74, 6) is -2.61. The molecule has 2 rings (SSSR count). The van der Waals surface area contributed by atoms with Crippen molar-refractivity contribution in [3.63, 3.8) is 0 Å². The van der Waals surface area contributed by atoms with Gasteiger partial charge in [-0.3, -0.25) is 0 Å². The number of hydrogen-bond donors (Lipinski definition) is 1. The van der Waals surface area contributed by atoms with Crippen molar-refractivity contribution in [3.8, 4) is 0 Å². The number of hydrogen-bond acceptors (Lipinski definition) is 5. The lowest BCUT2D eigenvalue weighted by Crippen LogP contribution is -2.42. The van der Waals surface area contributed by atoms with Crippen LogP contribution < -0.4 is 0 Å². The summed E-state index contributed by atoms with van der Waals surface area (Å²) >= 11 is 0. The molecule has 0 aromatic rings. The average Bonchev–Trinajstić information content (AvgIpc) is 2.67. The SMILES string of the molecule is CC1(C)O[C@H]2[C@H](O)[C@H](CN=[N+]=[N-])O[C@@]2(CF)O1. The van der Waals surface area contributed by atoms with Crippen molar-refractivity contribution in [1.29, 1.82) is 0 Å². The van der Waals surface area contributed by atoms with Gasteiger partial charge in [0.1, 0.15) is 18.9 Å². The number of alkyl halides is 1. The van der Waals surface area contributed by atoms with E-state index in [4.69, 9.17) is 19.7 Å². The summed E-state index contributed by atoms with van der Waals surface area (Å²) in [6.07, 6.45) is -2.82. The van der Waals surface area contributed by atoms with Crippen LogP contribution in [0.2, 0.25) is 0 Å². The lowest BCUT2D eigenvalue weighted by molar-refractivity contribution is -0.265. The fraction of sp³-hybridized carbons (Fsp3) is 1.00. The maximum Gasteiger partial charge on any atom is 0.229 e. The van der Waals surface area contributed by atoms with Crippen molar-refractivity contribution in [2.75, 3.05) is 13.2 Å². The van der Waals surface area contributed by atoms with Gasteiger partial charge in [-0.25, -0.2) is 4.39 Å². The molecule has 1 N–H and O–H groups in total. The average molecular weight is 247 g/mol. The molecule has 2 aliphatic rings. The van der Waals surface area contributed by atoms with Gasteiger partial charge in [-0.1, -0.05) is 5.11 Å². The van der Waals surface area contributed by atoms with Crippen molar-refractivity contribution < 1.29 is 23.7 Å². The van der Waals surface area contributed by atoms with Crippen molar-refractivity contribution in [2.24, 2.45) is 5.11 Å². The van der Waals surface area contributed by atoms with Crippen LogP contribution in [0, 0.1) is 0 Å². The van der Waals surface area contributed by atoms with Gasteiger partial charge in [0, 0.05) is 4.91 Å². The monoisotopic (exact) mass is 247 g/mol. The largest absolute Gasteiger partial charge is 0.387 e. The van der Waals surface area contributed by atoms with Gasteiger partial charge in [-0.15, -0.1) is 0 Å². The molecular weight excluding hydrogens is 233 g/mol. The minimum Gasteiger partial charge on any atom is -0.387 e. The molecule has 7 nitrogen and oxygen atoms in total. The third kappa shape index (κ3) is 1.98. The van der Waals surface area contributed by atoms with Crippen LogP contribution in [0.4, 0.5) is 4.39 Å². The topological polar surface area (TPSA) is 96.7 Å². The smallest absolute Gasteiger partial charge is 0.229 e. The van der Waals surface area contributed by atoms with Crippen LogP contribution in [0.5, 0.6) is 0 Å². The number of azide groups is 1. The Kier molecular flexibility index (Phi) is 3.01. The van der Waals surface area contributed by atoms with Gasteiger partial charge in [0.15, 0.2) is 5.79 Å². The zero-order valence-electron chi connectivity index (χ0n) is 9.54. The Labute approximate surface area is 97.1 Å². The van der Waals surface area contributed by atoms with Crippen LogP contribution in [0.3, 0.4) is 0 Å². The minimum atomic E-state index is -1.60. The van der Waals surface area contributed by atoms with E-state index in [0.717, 1.165) is 0 Å². The molecule has 96 valence electrons. The second-order valence-corrected chi connectivity index (χ2v) is 4.55. The Balaban J connectivity index is 2.18. The molecule has 0 unspecified atom stereocenters. The molecule has 0 aliphatic carbocycles. The maximum absolute atomic E-state index is 13.1. The van der Waals surface area contributed by atoms with Gasteiger partial charge >= 0.3 is 0 Å². The van der Waals surface area contributed by atoms with Crippen molar-refractivity contribution in [2.45, 2.75) is 43.7 Å². The van der Waals surface area contributed by atoms with E-state index >= 15 is 0 Å². The summed E-state index contributed by atoms with van der Waals surface area (Å²) in [5, 5.41) is 13.2. The summed E-state index contributed by atoms with van der Waals surface area (Å²) in [6, 6.07) is 0. The highest BCUT2D eigenvalue weighted by Gasteiger charge is 2.64. The minimum absolute atomic E-state index is 0.0942. The van der Waals surface area contributed by atoms with Crippen molar-refractivity contribution >= 4 is 0 Å². The molecule has 0 amide bonds. The van der Waals surface area contributed by atoms with E-state index in [1.807, 2.05) is 0 Å². The molecule has 8 heteroatoms. The van der Waals surface area contributed by atoms with E-state index in [9.17, 15) is 9.50 Å². The van der Waals surface area contributed by atoms with Crippen LogP contribution in [0.15, 0.2) is 5.11 Å². The first kappa shape index (κ1) is 12.5. The summed E-state index contributed by atoms with van der Waals surface area (Å²) in [6.45, 7) is 2.19. The van der Waals surface area contributed by atoms with Gasteiger partial charge in [-0.2, -0.15) is 0 Å². The van der Waals surface area contributed by atoms with Crippen LogP contribution in [0.25, 0.3) is 10.4 Å². The number of aliphatic hydroxyl groups excluding tert-OH is 1. The first-order chi connectivity index (χ1) is 7.94. The van der Waals surface area contributed by atoms with E-state index in [-0.39, 0.29) is 6.54 Å². The highest BCUT2D eigenvalue weighted by atomic mass is 19.1. The molecule has 4 atom stereocenters. The predicted octanol–water partition coefficient (Wildman–Crippen LogP) is 0.874. The fourth-order valence-electron chi connectivity index (χ4n) is 2.23. The number of ether oxygens (including phenoxy) is 3. The molecule has 0 aromatic heterocycles. The van der Waals surface area contributed by atoms with E-state index in [1.165, 1.54) is 0 Å². The number of rotatable bonds is 3. The first-order valence-electron chi connectivity index (χ1n) is 5.25. The first-order valence-corrected chi connectivity index (χ1v) is 5.25. The molecular formula is C9H14FN3O4. The van der Waals surface area contributed by atoms with Crippen molar-refractivity contribution in [1.82, 2.24) is 0 Å². The van der Waals surface area contributed by atoms with Gasteiger partial charge in [0.25, 0.3) is 0 Å². The Morgan fingerprint density at radius 1 is 1.47 bits per heavy atom. The molecule has 17 heavy (non-hydrogen) atoms. The molecule has 0 bridgehead atoms. The highest BCUT2D eigenvalue weighted by molar-refractivity contribution is 5.02. The lowest BCUT2D eigenvalue weighted by Gasteiger charge is -2.25. The third-order valence-corrected chi connectivity index (χ3v) is 2.82. The number of aliphatic hydroxyl groups is 1. The molecule has 0 spiro atoms. The predicted molar refractivity (Wildman–Crippen MR) is 53.6 cm³/mol. The number of nitrogens with zero attached hydrogens (tertiary/aromatic N) is 3. The van der Waals surface area contributed by atoms with Crippen LogP contribution in [0.1, 0.15) is 13.8 Å². The van der Waals surface area contributed by atoms with Crippen LogP contribution in [-0.2, 0) is 14.2 Å². The van der Waals surface area contributed by atoms with E-state index < -0.39 is 36.6 Å². The summed E-state index contributed by atoms with van der Waals surface area (Å²) < 4.78 is 29.2. The van der Waals surface area contributed by atoms with E-state index in [1.54, 1.807) is 13.8 Å². The fourth-order valence-corrected chi connectivity index (χ4v) is 2.23. The Morgan fingerprint density at radius 2 is 2.18 bits per heavy atom. The Morgan fingerprint density at radius 3 is 2.71 bits per heavy atom. The van der Waals surface area contributed by atoms with E-state index in [0.29, 0.717) is 0 Å². The number of fused-ring (bicyclic) bond motifs is 1. The van der Waals surface area contributed by atoms with Gasteiger partial charge in [-0.05, 0) is 19.4 Å². The summed E-state index contributed by atoms with van der Waals surface area (Å²) in [4.78, 5) is 2.56. The molecule has 0 radical (unpaired) electrons. The van der Waals surface area contributed by atoms with Gasteiger partial charge in [0.2, 0.25) is 5.79 Å². The van der Waals surface area contributed by atoms with Crippen molar-refractivity contribution in [3.05, 3.63) is 10.4 Å². The Hall–Kier alpha value is -0.920. The second-order valence-electron chi connectivity index (χ2n) is 4.55. The third-order valence-electron chi connectivity index (χ3n) is 2.82. The standard InChI is InChI=1S/C9H14FN3O4/c1-8(2)16-7-6(14)5(3-12-13-11)15-9(7,4-10)17-8/h5-7,14H,3-4H2,1-2H3/t5-,6+,7-,9-/m0/s1. The van der Waals surface area contributed by atoms with Gasteiger partial charge in [0.05, 0.1) is 12.6 Å². The lowest BCUT2D eigenvalue weighted by atomic mass is 10.1. The molecule has 2 heterocycles. The van der Waals surface area contributed by atoms with Crippen LogP contribution >= 0.6 is 0 Å². The molecule has 2 saturated heterocycles. The molecule has 2 aliphatic heterocycles. The van der Waals surface area contributed by atoms with Crippen LogP contribution in [-0.4, -0.2) is 48.2 Å². The quantitative estimate of drug-likeness (QED) is 0.454. The second kappa shape index (κ2) is 4.08. The molecule has 0 saturated carbocycles. The zero-order chi connectivity index (χ0) is 12.7. The zero-order valence-corrected chi connectivity index (χ0v) is 9.54. The maximum atomic E-state index is 13.1.